The van der Waals surface area contributed by atoms with E-state index in [1.54, 1.807) is 0 Å². The standard InChI is InChI=1S/C26H36O5/c1-17(2)10-6-3-4-9-15-29-25(27)21-19-13-14-20(24-23(19)31-24)22(21)26(28)30-16-18-11-7-5-8-12-18/h5,7-8,11-12,17,19-24H,3-4,6,9-10,13-16H2,1-2H3. The van der Waals surface area contributed by atoms with Crippen molar-refractivity contribution in [3.05, 3.63) is 35.9 Å². The van der Waals surface area contributed by atoms with Crippen LogP contribution in [0, 0.1) is 29.6 Å². The SMILES string of the molecule is CC(C)CCCCCCOC(=O)C1C2CCC(C3OC23)C1C(=O)OCc1ccccc1. The van der Waals surface area contributed by atoms with Crippen molar-refractivity contribution in [3.63, 3.8) is 0 Å². The van der Waals surface area contributed by atoms with Crippen LogP contribution in [0.1, 0.15) is 64.4 Å². The van der Waals surface area contributed by atoms with Gasteiger partial charge in [0.15, 0.2) is 0 Å². The highest BCUT2D eigenvalue weighted by atomic mass is 16.6. The predicted octanol–water partition coefficient (Wildman–Crippen LogP) is 4.92. The van der Waals surface area contributed by atoms with Crippen molar-refractivity contribution in [1.29, 1.82) is 0 Å². The molecule has 1 aromatic carbocycles. The first-order valence-electron chi connectivity index (χ1n) is 12.1. The summed E-state index contributed by atoms with van der Waals surface area (Å²) in [7, 11) is 0. The van der Waals surface area contributed by atoms with Gasteiger partial charge in [-0.05, 0) is 30.7 Å². The van der Waals surface area contributed by atoms with Crippen LogP contribution in [0.5, 0.6) is 0 Å². The maximum absolute atomic E-state index is 13.1. The van der Waals surface area contributed by atoms with Gasteiger partial charge in [-0.15, -0.1) is 0 Å². The maximum Gasteiger partial charge on any atom is 0.310 e. The molecule has 1 aromatic rings. The normalized spacial score (nSPS) is 30.7. The summed E-state index contributed by atoms with van der Waals surface area (Å²) in [6.07, 6.45) is 7.73. The maximum atomic E-state index is 13.1. The molecule has 31 heavy (non-hydrogen) atoms. The Bertz CT molecular complexity index is 745. The molecule has 5 heteroatoms. The molecule has 6 atom stereocenters. The summed E-state index contributed by atoms with van der Waals surface area (Å²) < 4.78 is 17.2. The van der Waals surface area contributed by atoms with Gasteiger partial charge in [0.1, 0.15) is 6.61 Å². The minimum Gasteiger partial charge on any atom is -0.465 e. The number of carbonyl (C=O) groups excluding carboxylic acids is 2. The van der Waals surface area contributed by atoms with E-state index in [2.05, 4.69) is 13.8 Å². The molecule has 4 aliphatic rings. The number of unbranched alkanes of at least 4 members (excludes halogenated alkanes) is 3. The van der Waals surface area contributed by atoms with Gasteiger partial charge in [0.25, 0.3) is 0 Å². The molecule has 4 fully saturated rings. The fourth-order valence-electron chi connectivity index (χ4n) is 5.58. The number of rotatable bonds is 11. The number of carbonyl (C=O) groups is 2. The van der Waals surface area contributed by atoms with Crippen molar-refractivity contribution in [2.24, 2.45) is 29.6 Å². The number of fused-ring (bicyclic) bond motifs is 2. The van der Waals surface area contributed by atoms with Gasteiger partial charge in [-0.1, -0.05) is 69.9 Å². The van der Waals surface area contributed by atoms with Gasteiger partial charge in [-0.2, -0.15) is 0 Å². The fourth-order valence-corrected chi connectivity index (χ4v) is 5.58. The largest absolute Gasteiger partial charge is 0.465 e. The summed E-state index contributed by atoms with van der Waals surface area (Å²) in [6.45, 7) is 5.17. The molecular weight excluding hydrogens is 392 g/mol. The van der Waals surface area contributed by atoms with Crippen LogP contribution in [0.2, 0.25) is 0 Å². The number of epoxide rings is 1. The zero-order valence-corrected chi connectivity index (χ0v) is 18.8. The number of benzene rings is 1. The Hall–Kier alpha value is -1.88. The van der Waals surface area contributed by atoms with E-state index >= 15 is 0 Å². The quantitative estimate of drug-likeness (QED) is 0.284. The summed E-state index contributed by atoms with van der Waals surface area (Å²) >= 11 is 0. The zero-order valence-electron chi connectivity index (χ0n) is 18.8. The number of hydrogen-bond donors (Lipinski definition) is 0. The summed E-state index contributed by atoms with van der Waals surface area (Å²) in [6, 6.07) is 9.67. The molecule has 5 rings (SSSR count). The van der Waals surface area contributed by atoms with Gasteiger partial charge in [-0.25, -0.2) is 0 Å². The van der Waals surface area contributed by atoms with Gasteiger partial charge in [-0.3, -0.25) is 9.59 Å². The molecule has 1 saturated heterocycles. The van der Waals surface area contributed by atoms with E-state index in [1.807, 2.05) is 30.3 Å². The van der Waals surface area contributed by atoms with Crippen LogP contribution in [0.25, 0.3) is 0 Å². The average molecular weight is 429 g/mol. The van der Waals surface area contributed by atoms with Crippen LogP contribution in [-0.4, -0.2) is 30.8 Å². The van der Waals surface area contributed by atoms with Crippen LogP contribution in [0.15, 0.2) is 30.3 Å². The van der Waals surface area contributed by atoms with Crippen molar-refractivity contribution in [3.8, 4) is 0 Å². The smallest absolute Gasteiger partial charge is 0.310 e. The third kappa shape index (κ3) is 5.31. The van der Waals surface area contributed by atoms with Gasteiger partial charge >= 0.3 is 11.9 Å². The Morgan fingerprint density at radius 2 is 1.52 bits per heavy atom. The molecule has 2 bridgehead atoms. The van der Waals surface area contributed by atoms with E-state index in [1.165, 1.54) is 19.3 Å². The molecule has 0 aromatic heterocycles. The molecule has 0 N–H and O–H groups in total. The Morgan fingerprint density at radius 1 is 0.903 bits per heavy atom. The third-order valence-corrected chi connectivity index (χ3v) is 7.24. The van der Waals surface area contributed by atoms with Crippen LogP contribution >= 0.6 is 0 Å². The van der Waals surface area contributed by atoms with Crippen LogP contribution in [-0.2, 0) is 30.4 Å². The molecule has 170 valence electrons. The van der Waals surface area contributed by atoms with Crippen molar-refractivity contribution in [1.82, 2.24) is 0 Å². The first-order chi connectivity index (χ1) is 15.1. The molecule has 3 aliphatic carbocycles. The number of esters is 2. The summed E-state index contributed by atoms with van der Waals surface area (Å²) in [5, 5.41) is 0. The Labute approximate surface area is 185 Å². The van der Waals surface area contributed by atoms with Gasteiger partial charge in [0.05, 0.1) is 30.7 Å². The minimum absolute atomic E-state index is 0.0758. The van der Waals surface area contributed by atoms with E-state index in [0.717, 1.165) is 37.2 Å². The van der Waals surface area contributed by atoms with Crippen LogP contribution in [0.4, 0.5) is 0 Å². The second-order valence-corrected chi connectivity index (χ2v) is 9.88. The molecule has 3 saturated carbocycles. The first-order valence-corrected chi connectivity index (χ1v) is 12.1. The second-order valence-electron chi connectivity index (χ2n) is 9.88. The fraction of sp³-hybridized carbons (Fsp3) is 0.692. The molecule has 5 nitrogen and oxygen atoms in total. The molecule has 1 heterocycles. The first kappa shape index (κ1) is 22.3. The van der Waals surface area contributed by atoms with Gasteiger partial charge in [0, 0.05) is 11.8 Å². The van der Waals surface area contributed by atoms with Crippen molar-refractivity contribution in [2.75, 3.05) is 6.61 Å². The number of hydrogen-bond acceptors (Lipinski definition) is 5. The molecular formula is C26H36O5. The Morgan fingerprint density at radius 3 is 2.16 bits per heavy atom. The van der Waals surface area contributed by atoms with E-state index in [-0.39, 0.29) is 42.6 Å². The molecule has 0 radical (unpaired) electrons. The number of ether oxygens (including phenoxy) is 3. The Kier molecular flexibility index (Phi) is 7.31. The summed E-state index contributed by atoms with van der Waals surface area (Å²) in [4.78, 5) is 26.1. The summed E-state index contributed by atoms with van der Waals surface area (Å²) in [5.74, 6) is -0.464. The van der Waals surface area contributed by atoms with Gasteiger partial charge in [0.2, 0.25) is 0 Å². The van der Waals surface area contributed by atoms with Crippen molar-refractivity contribution >= 4 is 11.9 Å². The monoisotopic (exact) mass is 428 g/mol. The van der Waals surface area contributed by atoms with Gasteiger partial charge < -0.3 is 14.2 Å². The second kappa shape index (κ2) is 10.2. The average Bonchev–Trinajstić information content (AvgIpc) is 3.59. The third-order valence-electron chi connectivity index (χ3n) is 7.24. The van der Waals surface area contributed by atoms with Crippen molar-refractivity contribution < 1.29 is 23.8 Å². The minimum atomic E-state index is -0.440. The van der Waals surface area contributed by atoms with E-state index in [4.69, 9.17) is 14.2 Å². The zero-order chi connectivity index (χ0) is 21.8. The topological polar surface area (TPSA) is 65.1 Å². The molecule has 1 aliphatic heterocycles. The van der Waals surface area contributed by atoms with Crippen molar-refractivity contribution in [2.45, 2.75) is 77.6 Å². The van der Waals surface area contributed by atoms with Crippen LogP contribution in [0.3, 0.4) is 0 Å². The predicted molar refractivity (Wildman–Crippen MR) is 117 cm³/mol. The highest BCUT2D eigenvalue weighted by Crippen LogP contribution is 2.58. The van der Waals surface area contributed by atoms with E-state index in [0.29, 0.717) is 6.61 Å². The molecule has 6 unspecified atom stereocenters. The molecule has 0 amide bonds. The lowest BCUT2D eigenvalue weighted by Crippen LogP contribution is -2.52. The molecule has 0 spiro atoms. The van der Waals surface area contributed by atoms with Crippen LogP contribution < -0.4 is 0 Å². The lowest BCUT2D eigenvalue weighted by molar-refractivity contribution is -0.172. The lowest BCUT2D eigenvalue weighted by atomic mass is 9.58. The van der Waals surface area contributed by atoms with E-state index in [9.17, 15) is 9.59 Å². The Balaban J connectivity index is 1.30. The lowest BCUT2D eigenvalue weighted by Gasteiger charge is -2.43. The summed E-state index contributed by atoms with van der Waals surface area (Å²) in [5.41, 5.74) is 0.953. The highest BCUT2D eigenvalue weighted by Gasteiger charge is 2.67. The highest BCUT2D eigenvalue weighted by molar-refractivity contribution is 5.83. The van der Waals surface area contributed by atoms with E-state index < -0.39 is 11.8 Å².